The number of aryl methyl sites for hydroxylation is 1. The highest BCUT2D eigenvalue weighted by molar-refractivity contribution is 5.81. The molecule has 5 nitrogen and oxygen atoms in total. The van der Waals surface area contributed by atoms with Crippen molar-refractivity contribution in [3.05, 3.63) is 18.2 Å². The summed E-state index contributed by atoms with van der Waals surface area (Å²) in [4.78, 5) is 16.2. The van der Waals surface area contributed by atoms with Crippen molar-refractivity contribution in [1.82, 2.24) is 14.9 Å². The molecular formula is C12H17N3O2. The molecule has 3 heterocycles. The third-order valence-electron chi connectivity index (χ3n) is 3.50. The zero-order valence-corrected chi connectivity index (χ0v) is 9.76. The quantitative estimate of drug-likeness (QED) is 0.811. The minimum absolute atomic E-state index is 0.0519. The van der Waals surface area contributed by atoms with E-state index in [1.165, 1.54) is 0 Å². The van der Waals surface area contributed by atoms with Crippen molar-refractivity contribution in [1.29, 1.82) is 0 Å². The lowest BCUT2D eigenvalue weighted by Crippen LogP contribution is -2.45. The lowest BCUT2D eigenvalue weighted by Gasteiger charge is -2.25. The van der Waals surface area contributed by atoms with Crippen LogP contribution in [0.25, 0.3) is 0 Å². The predicted molar refractivity (Wildman–Crippen MR) is 61.5 cm³/mol. The Morgan fingerprint density at radius 3 is 3.29 bits per heavy atom. The number of aromatic nitrogens is 2. The van der Waals surface area contributed by atoms with E-state index in [1.54, 1.807) is 0 Å². The molecule has 0 aromatic carbocycles. The van der Waals surface area contributed by atoms with Crippen LogP contribution in [-0.2, 0) is 22.5 Å². The number of hydrogen-bond donors (Lipinski definition) is 1. The van der Waals surface area contributed by atoms with E-state index in [1.807, 2.05) is 12.4 Å². The molecule has 0 unspecified atom stereocenters. The summed E-state index contributed by atoms with van der Waals surface area (Å²) in [5.74, 6) is 1.17. The smallest absolute Gasteiger partial charge is 0.249 e. The summed E-state index contributed by atoms with van der Waals surface area (Å²) in [6.45, 7) is 1.54. The van der Waals surface area contributed by atoms with Crippen LogP contribution < -0.4 is 5.32 Å². The Morgan fingerprint density at radius 2 is 2.47 bits per heavy atom. The highest BCUT2D eigenvalue weighted by atomic mass is 16.5. The Labute approximate surface area is 100 Å². The number of fused-ring (bicyclic) bond motifs is 1. The van der Waals surface area contributed by atoms with Crippen molar-refractivity contribution < 1.29 is 9.53 Å². The van der Waals surface area contributed by atoms with E-state index in [4.69, 9.17) is 4.74 Å². The average molecular weight is 235 g/mol. The summed E-state index contributed by atoms with van der Waals surface area (Å²) in [5, 5.41) is 3.08. The molecule has 0 aliphatic carbocycles. The Hall–Kier alpha value is -1.36. The number of nitrogens with one attached hydrogen (secondary N) is 1. The summed E-state index contributed by atoms with van der Waals surface area (Å²) >= 11 is 0. The topological polar surface area (TPSA) is 56.2 Å². The fraction of sp³-hybridized carbons (Fsp3) is 0.667. The summed E-state index contributed by atoms with van der Waals surface area (Å²) in [7, 11) is 0. The highest BCUT2D eigenvalue weighted by Gasteiger charge is 2.27. The van der Waals surface area contributed by atoms with Crippen molar-refractivity contribution in [2.45, 2.75) is 44.4 Å². The molecule has 0 saturated carbocycles. The fourth-order valence-electron chi connectivity index (χ4n) is 2.56. The van der Waals surface area contributed by atoms with E-state index < -0.39 is 0 Å². The van der Waals surface area contributed by atoms with Gasteiger partial charge in [0.25, 0.3) is 0 Å². The van der Waals surface area contributed by atoms with Gasteiger partial charge in [-0.25, -0.2) is 4.98 Å². The van der Waals surface area contributed by atoms with Crippen LogP contribution in [0.15, 0.2) is 12.4 Å². The maximum absolute atomic E-state index is 11.9. The van der Waals surface area contributed by atoms with Crippen LogP contribution in [0.2, 0.25) is 0 Å². The van der Waals surface area contributed by atoms with Gasteiger partial charge in [0.2, 0.25) is 5.91 Å². The average Bonchev–Trinajstić information content (AvgIpc) is 2.99. The third-order valence-corrected chi connectivity index (χ3v) is 3.50. The van der Waals surface area contributed by atoms with E-state index in [2.05, 4.69) is 14.9 Å². The SMILES string of the molecule is O=C(N[C@@H]1CCc2nccn2C1)[C@@H]1CCCO1. The van der Waals surface area contributed by atoms with Crippen LogP contribution in [0, 0.1) is 0 Å². The lowest BCUT2D eigenvalue weighted by molar-refractivity contribution is -0.131. The molecule has 2 aliphatic rings. The van der Waals surface area contributed by atoms with Crippen molar-refractivity contribution in [3.8, 4) is 0 Å². The van der Waals surface area contributed by atoms with Gasteiger partial charge in [-0.2, -0.15) is 0 Å². The van der Waals surface area contributed by atoms with Crippen LogP contribution in [0.1, 0.15) is 25.1 Å². The van der Waals surface area contributed by atoms with Gasteiger partial charge in [0, 0.05) is 38.0 Å². The molecule has 1 N–H and O–H groups in total. The number of amides is 1. The van der Waals surface area contributed by atoms with Crippen molar-refractivity contribution in [3.63, 3.8) is 0 Å². The fourth-order valence-corrected chi connectivity index (χ4v) is 2.56. The Morgan fingerprint density at radius 1 is 1.53 bits per heavy atom. The number of carbonyl (C=O) groups excluding carboxylic acids is 1. The zero-order valence-electron chi connectivity index (χ0n) is 9.76. The first-order valence-corrected chi connectivity index (χ1v) is 6.25. The second-order valence-electron chi connectivity index (χ2n) is 4.74. The molecule has 92 valence electrons. The van der Waals surface area contributed by atoms with Gasteiger partial charge in [0.05, 0.1) is 0 Å². The summed E-state index contributed by atoms with van der Waals surface area (Å²) < 4.78 is 7.49. The molecule has 2 aliphatic heterocycles. The van der Waals surface area contributed by atoms with Gasteiger partial charge in [-0.1, -0.05) is 0 Å². The second-order valence-corrected chi connectivity index (χ2v) is 4.74. The second kappa shape index (κ2) is 4.49. The van der Waals surface area contributed by atoms with E-state index >= 15 is 0 Å². The van der Waals surface area contributed by atoms with Gasteiger partial charge in [0.1, 0.15) is 11.9 Å². The number of hydrogen-bond acceptors (Lipinski definition) is 3. The number of nitrogens with zero attached hydrogens (tertiary/aromatic N) is 2. The summed E-state index contributed by atoms with van der Waals surface area (Å²) in [6, 6.07) is 0.216. The normalized spacial score (nSPS) is 27.8. The molecule has 1 aromatic heterocycles. The minimum atomic E-state index is -0.223. The van der Waals surface area contributed by atoms with Crippen LogP contribution >= 0.6 is 0 Å². The monoisotopic (exact) mass is 235 g/mol. The summed E-state index contributed by atoms with van der Waals surface area (Å²) in [6.07, 6.45) is 7.32. The molecule has 17 heavy (non-hydrogen) atoms. The molecule has 1 amide bonds. The van der Waals surface area contributed by atoms with Crippen LogP contribution in [0.5, 0.6) is 0 Å². The van der Waals surface area contributed by atoms with Gasteiger partial charge >= 0.3 is 0 Å². The van der Waals surface area contributed by atoms with E-state index in [0.29, 0.717) is 6.61 Å². The van der Waals surface area contributed by atoms with Gasteiger partial charge in [-0.05, 0) is 19.3 Å². The standard InChI is InChI=1S/C12H17N3O2/c16-12(10-2-1-7-17-10)14-9-3-4-11-13-5-6-15(11)8-9/h5-6,9-10H,1-4,7-8H2,(H,14,16)/t9-,10+/m1/s1. The van der Waals surface area contributed by atoms with E-state index in [9.17, 15) is 4.79 Å². The predicted octanol–water partition coefficient (Wildman–Crippen LogP) is 0.493. The molecule has 0 bridgehead atoms. The van der Waals surface area contributed by atoms with Crippen LogP contribution in [0.4, 0.5) is 0 Å². The first-order chi connectivity index (χ1) is 8.33. The van der Waals surface area contributed by atoms with E-state index in [0.717, 1.165) is 38.1 Å². The molecule has 5 heteroatoms. The van der Waals surface area contributed by atoms with Gasteiger partial charge in [-0.15, -0.1) is 0 Å². The van der Waals surface area contributed by atoms with E-state index in [-0.39, 0.29) is 18.1 Å². The molecule has 1 aromatic rings. The van der Waals surface area contributed by atoms with Gasteiger partial charge < -0.3 is 14.6 Å². The number of rotatable bonds is 2. The number of imidazole rings is 1. The number of ether oxygens (including phenoxy) is 1. The minimum Gasteiger partial charge on any atom is -0.368 e. The van der Waals surface area contributed by atoms with Crippen molar-refractivity contribution in [2.75, 3.05) is 6.61 Å². The summed E-state index contributed by atoms with van der Waals surface area (Å²) in [5.41, 5.74) is 0. The molecule has 0 spiro atoms. The van der Waals surface area contributed by atoms with Crippen molar-refractivity contribution in [2.24, 2.45) is 0 Å². The van der Waals surface area contributed by atoms with Gasteiger partial charge in [-0.3, -0.25) is 4.79 Å². The van der Waals surface area contributed by atoms with Gasteiger partial charge in [0.15, 0.2) is 0 Å². The molecule has 3 rings (SSSR count). The largest absolute Gasteiger partial charge is 0.368 e. The van der Waals surface area contributed by atoms with Crippen LogP contribution in [0.3, 0.4) is 0 Å². The maximum Gasteiger partial charge on any atom is 0.249 e. The maximum atomic E-state index is 11.9. The van der Waals surface area contributed by atoms with Crippen LogP contribution in [-0.4, -0.2) is 34.2 Å². The third kappa shape index (κ3) is 2.20. The first kappa shape index (κ1) is 10.8. The Kier molecular flexibility index (Phi) is 2.84. The molecule has 1 fully saturated rings. The highest BCUT2D eigenvalue weighted by Crippen LogP contribution is 2.15. The molecular weight excluding hydrogens is 218 g/mol. The molecule has 2 atom stereocenters. The lowest BCUT2D eigenvalue weighted by atomic mass is 10.1. The zero-order chi connectivity index (χ0) is 11.7. The first-order valence-electron chi connectivity index (χ1n) is 6.25. The molecule has 0 radical (unpaired) electrons. The van der Waals surface area contributed by atoms with Crippen molar-refractivity contribution >= 4 is 5.91 Å². The number of carbonyl (C=O) groups is 1. The Balaban J connectivity index is 1.58. The molecule has 1 saturated heterocycles. The Bertz CT molecular complexity index is 410.